The second-order valence-corrected chi connectivity index (χ2v) is 10.2. The molecule has 164 valence electrons. The second-order valence-electron chi connectivity index (χ2n) is 10.2. The van der Waals surface area contributed by atoms with Gasteiger partial charge in [0.15, 0.2) is 0 Å². The van der Waals surface area contributed by atoms with Crippen LogP contribution in [0.1, 0.15) is 79.1 Å². The average molecular weight is 409 g/mol. The molecule has 0 amide bonds. The largest absolute Gasteiger partial charge is 0.396 e. The SMILES string of the molecule is CC1=C(C)C(CC(=N)CCC(C)(F)F)CC(C2C3CCC2CC(C(C)CO)C3)=N1. The molecule has 29 heavy (non-hydrogen) atoms. The van der Waals surface area contributed by atoms with E-state index in [2.05, 4.69) is 20.8 Å². The lowest BCUT2D eigenvalue weighted by molar-refractivity contribution is 0.0149. The van der Waals surface area contributed by atoms with Crippen LogP contribution in [0, 0.1) is 40.9 Å². The summed E-state index contributed by atoms with van der Waals surface area (Å²) in [6.07, 6.45) is 6.29. The van der Waals surface area contributed by atoms with Crippen molar-refractivity contribution >= 4 is 11.4 Å². The molecule has 4 atom stereocenters. The molecule has 1 heterocycles. The fraction of sp³-hybridized carbons (Fsp3) is 0.833. The van der Waals surface area contributed by atoms with E-state index in [-0.39, 0.29) is 25.4 Å². The Morgan fingerprint density at radius 2 is 1.86 bits per heavy atom. The molecular formula is C24H38F2N2O. The van der Waals surface area contributed by atoms with Gasteiger partial charge in [-0.05, 0) is 101 Å². The lowest BCUT2D eigenvalue weighted by Gasteiger charge is -2.40. The molecular weight excluding hydrogens is 370 g/mol. The fourth-order valence-corrected chi connectivity index (χ4v) is 5.99. The number of allylic oxidation sites excluding steroid dienone is 2. The van der Waals surface area contributed by atoms with Crippen molar-refractivity contribution in [3.05, 3.63) is 11.3 Å². The summed E-state index contributed by atoms with van der Waals surface area (Å²) in [6.45, 7) is 7.53. The van der Waals surface area contributed by atoms with Gasteiger partial charge in [-0.25, -0.2) is 8.78 Å². The standard InChI is InChI=1S/C24H38F2N2O/c1-14(13-29)19-9-17-5-6-18(10-19)23(17)22-12-20(15(2)16(3)28-22)11-21(27)7-8-24(4,25)26/h14,17-20,23,27,29H,5-13H2,1-4H3. The first-order valence-electron chi connectivity index (χ1n) is 11.4. The minimum Gasteiger partial charge on any atom is -0.396 e. The Bertz CT molecular complexity index is 665. The van der Waals surface area contributed by atoms with Crippen LogP contribution in [0.3, 0.4) is 0 Å². The number of aliphatic hydroxyl groups excluding tert-OH is 1. The zero-order valence-electron chi connectivity index (χ0n) is 18.5. The van der Waals surface area contributed by atoms with E-state index >= 15 is 0 Å². The van der Waals surface area contributed by atoms with Gasteiger partial charge >= 0.3 is 0 Å². The molecule has 2 saturated carbocycles. The second kappa shape index (κ2) is 8.95. The summed E-state index contributed by atoms with van der Waals surface area (Å²) in [7, 11) is 0. The van der Waals surface area contributed by atoms with Gasteiger partial charge in [-0.1, -0.05) is 6.92 Å². The molecule has 0 aromatic rings. The van der Waals surface area contributed by atoms with Gasteiger partial charge in [0, 0.05) is 36.1 Å². The topological polar surface area (TPSA) is 56.4 Å². The summed E-state index contributed by atoms with van der Waals surface area (Å²) < 4.78 is 26.3. The van der Waals surface area contributed by atoms with Crippen molar-refractivity contribution in [1.29, 1.82) is 5.41 Å². The highest BCUT2D eigenvalue weighted by atomic mass is 19.3. The molecule has 0 spiro atoms. The summed E-state index contributed by atoms with van der Waals surface area (Å²) >= 11 is 0. The molecule has 0 saturated heterocycles. The number of hydrogen-bond acceptors (Lipinski definition) is 3. The zero-order valence-corrected chi connectivity index (χ0v) is 18.5. The number of halogens is 2. The molecule has 5 heteroatoms. The number of rotatable bonds is 8. The summed E-state index contributed by atoms with van der Waals surface area (Å²) in [5.41, 5.74) is 4.02. The van der Waals surface area contributed by atoms with Crippen LogP contribution in [0.15, 0.2) is 16.3 Å². The minimum absolute atomic E-state index is 0.175. The van der Waals surface area contributed by atoms with Gasteiger partial charge in [0.05, 0.1) is 0 Å². The molecule has 3 aliphatic rings. The Hall–Kier alpha value is -1.10. The maximum absolute atomic E-state index is 13.2. The molecule has 2 N–H and O–H groups in total. The van der Waals surface area contributed by atoms with E-state index in [9.17, 15) is 13.9 Å². The third-order valence-electron chi connectivity index (χ3n) is 7.92. The van der Waals surface area contributed by atoms with Gasteiger partial charge in [0.25, 0.3) is 0 Å². The number of hydrogen-bond donors (Lipinski definition) is 2. The molecule has 0 radical (unpaired) electrons. The van der Waals surface area contributed by atoms with Crippen molar-refractivity contribution in [3.8, 4) is 0 Å². The average Bonchev–Trinajstić information content (AvgIpc) is 2.91. The van der Waals surface area contributed by atoms with E-state index in [1.165, 1.54) is 37.0 Å². The summed E-state index contributed by atoms with van der Waals surface area (Å²) in [4.78, 5) is 5.02. The molecule has 3 rings (SSSR count). The van der Waals surface area contributed by atoms with Crippen LogP contribution in [0.5, 0.6) is 0 Å². The maximum atomic E-state index is 13.2. The van der Waals surface area contributed by atoms with E-state index in [0.29, 0.717) is 41.7 Å². The van der Waals surface area contributed by atoms with Crippen LogP contribution in [0.2, 0.25) is 0 Å². The van der Waals surface area contributed by atoms with Gasteiger partial charge in [-0.2, -0.15) is 0 Å². The number of nitrogens with one attached hydrogen (secondary N) is 1. The van der Waals surface area contributed by atoms with Crippen molar-refractivity contribution in [2.24, 2.45) is 40.5 Å². The Balaban J connectivity index is 1.67. The Morgan fingerprint density at radius 3 is 2.41 bits per heavy atom. The number of alkyl halides is 2. The van der Waals surface area contributed by atoms with Crippen molar-refractivity contribution in [1.82, 2.24) is 0 Å². The fourth-order valence-electron chi connectivity index (χ4n) is 5.99. The number of aliphatic hydroxyl groups is 1. The molecule has 4 unspecified atom stereocenters. The van der Waals surface area contributed by atoms with E-state index < -0.39 is 5.92 Å². The number of aliphatic imine (C=N–C) groups is 1. The minimum atomic E-state index is -2.70. The van der Waals surface area contributed by atoms with Crippen molar-refractivity contribution in [3.63, 3.8) is 0 Å². The monoisotopic (exact) mass is 408 g/mol. The van der Waals surface area contributed by atoms with Gasteiger partial charge < -0.3 is 10.5 Å². The van der Waals surface area contributed by atoms with Crippen LogP contribution in [-0.2, 0) is 0 Å². The van der Waals surface area contributed by atoms with Crippen LogP contribution in [-0.4, -0.2) is 29.1 Å². The zero-order chi connectivity index (χ0) is 21.3. The highest BCUT2D eigenvalue weighted by Crippen LogP contribution is 2.52. The Labute approximate surface area is 174 Å². The van der Waals surface area contributed by atoms with Crippen LogP contribution in [0.4, 0.5) is 8.78 Å². The first kappa shape index (κ1) is 22.6. The molecule has 2 fully saturated rings. The maximum Gasteiger partial charge on any atom is 0.245 e. The highest BCUT2D eigenvalue weighted by molar-refractivity contribution is 5.91. The molecule has 0 aromatic heterocycles. The Morgan fingerprint density at radius 1 is 1.24 bits per heavy atom. The Kier molecular flexibility index (Phi) is 6.97. The molecule has 0 aromatic carbocycles. The normalized spacial score (nSPS) is 33.6. The summed E-state index contributed by atoms with van der Waals surface area (Å²) in [5.74, 6) is 0.395. The van der Waals surface area contributed by atoms with E-state index in [1.807, 2.05) is 0 Å². The van der Waals surface area contributed by atoms with Crippen LogP contribution < -0.4 is 0 Å². The lowest BCUT2D eigenvalue weighted by Crippen LogP contribution is -2.37. The molecule has 2 bridgehead atoms. The van der Waals surface area contributed by atoms with Crippen LogP contribution in [0.25, 0.3) is 0 Å². The molecule has 1 aliphatic heterocycles. The van der Waals surface area contributed by atoms with Gasteiger partial charge in [0.1, 0.15) is 0 Å². The molecule has 2 aliphatic carbocycles. The smallest absolute Gasteiger partial charge is 0.245 e. The van der Waals surface area contributed by atoms with Gasteiger partial charge in [-0.3, -0.25) is 4.99 Å². The van der Waals surface area contributed by atoms with Crippen LogP contribution >= 0.6 is 0 Å². The van der Waals surface area contributed by atoms with E-state index in [1.54, 1.807) is 0 Å². The molecule has 3 nitrogen and oxygen atoms in total. The highest BCUT2D eigenvalue weighted by Gasteiger charge is 2.46. The first-order chi connectivity index (χ1) is 13.6. The summed E-state index contributed by atoms with van der Waals surface area (Å²) in [5, 5.41) is 17.8. The number of nitrogens with zero attached hydrogens (tertiary/aromatic N) is 1. The third kappa shape index (κ3) is 5.34. The third-order valence-corrected chi connectivity index (χ3v) is 7.92. The first-order valence-corrected chi connectivity index (χ1v) is 11.4. The lowest BCUT2D eigenvalue weighted by atomic mass is 9.66. The van der Waals surface area contributed by atoms with Crippen molar-refractivity contribution in [2.75, 3.05) is 6.61 Å². The summed E-state index contributed by atoms with van der Waals surface area (Å²) in [6, 6.07) is 0. The van der Waals surface area contributed by atoms with E-state index in [4.69, 9.17) is 10.4 Å². The van der Waals surface area contributed by atoms with Gasteiger partial charge in [0.2, 0.25) is 5.92 Å². The van der Waals surface area contributed by atoms with Gasteiger partial charge in [-0.15, -0.1) is 0 Å². The predicted octanol–water partition coefficient (Wildman–Crippen LogP) is 6.27. The van der Waals surface area contributed by atoms with Crippen molar-refractivity contribution < 1.29 is 13.9 Å². The van der Waals surface area contributed by atoms with E-state index in [0.717, 1.165) is 19.0 Å². The quantitative estimate of drug-likeness (QED) is 0.457. The number of fused-ring (bicyclic) bond motifs is 2. The van der Waals surface area contributed by atoms with Crippen molar-refractivity contribution in [2.45, 2.75) is 85.0 Å². The predicted molar refractivity (Wildman–Crippen MR) is 115 cm³/mol.